The Kier molecular flexibility index (Phi) is 4.05. The molecule has 106 valence electrons. The summed E-state index contributed by atoms with van der Waals surface area (Å²) in [6.45, 7) is 0.354. The second-order valence-electron chi connectivity index (χ2n) is 4.60. The fraction of sp³-hybridized carbons (Fsp3) is 0.286. The SMILES string of the molecule is NCCc1c(C(=O)O)[nH]c2ccc(CCC(=O)O)cc12. The second kappa shape index (κ2) is 5.75. The molecule has 1 aromatic carbocycles. The van der Waals surface area contributed by atoms with E-state index < -0.39 is 11.9 Å². The lowest BCUT2D eigenvalue weighted by Crippen LogP contribution is -2.07. The highest BCUT2D eigenvalue weighted by molar-refractivity contribution is 5.97. The van der Waals surface area contributed by atoms with Gasteiger partial charge in [-0.3, -0.25) is 4.79 Å². The lowest BCUT2D eigenvalue weighted by Gasteiger charge is -2.02. The Morgan fingerprint density at radius 2 is 1.95 bits per heavy atom. The van der Waals surface area contributed by atoms with Crippen molar-refractivity contribution in [3.8, 4) is 0 Å². The van der Waals surface area contributed by atoms with Gasteiger partial charge in [-0.05, 0) is 42.6 Å². The van der Waals surface area contributed by atoms with Crippen LogP contribution in [0.3, 0.4) is 0 Å². The van der Waals surface area contributed by atoms with Crippen LogP contribution < -0.4 is 5.73 Å². The number of carboxylic acid groups (broad SMARTS) is 2. The number of nitrogens with one attached hydrogen (secondary N) is 1. The summed E-state index contributed by atoms with van der Waals surface area (Å²) < 4.78 is 0. The van der Waals surface area contributed by atoms with Crippen molar-refractivity contribution < 1.29 is 19.8 Å². The molecule has 5 N–H and O–H groups in total. The van der Waals surface area contributed by atoms with Crippen molar-refractivity contribution in [2.24, 2.45) is 5.73 Å². The highest BCUT2D eigenvalue weighted by Gasteiger charge is 2.16. The molecular formula is C14H16N2O4. The molecule has 0 fully saturated rings. The Hall–Kier alpha value is -2.34. The first-order valence-electron chi connectivity index (χ1n) is 6.31. The van der Waals surface area contributed by atoms with Gasteiger partial charge in [0.1, 0.15) is 5.69 Å². The number of hydrogen-bond acceptors (Lipinski definition) is 3. The molecule has 0 unspecified atom stereocenters. The summed E-state index contributed by atoms with van der Waals surface area (Å²) in [5.74, 6) is -1.87. The highest BCUT2D eigenvalue weighted by atomic mass is 16.4. The third kappa shape index (κ3) is 2.80. The predicted molar refractivity (Wildman–Crippen MR) is 74.0 cm³/mol. The number of fused-ring (bicyclic) bond motifs is 1. The third-order valence-corrected chi connectivity index (χ3v) is 3.21. The van der Waals surface area contributed by atoms with Crippen LogP contribution in [0, 0.1) is 0 Å². The summed E-state index contributed by atoms with van der Waals surface area (Å²) in [6, 6.07) is 5.42. The van der Waals surface area contributed by atoms with Crippen LogP contribution >= 0.6 is 0 Å². The minimum Gasteiger partial charge on any atom is -0.481 e. The number of hydrogen-bond donors (Lipinski definition) is 4. The molecule has 1 heterocycles. The fourth-order valence-electron chi connectivity index (χ4n) is 2.29. The molecule has 20 heavy (non-hydrogen) atoms. The average molecular weight is 276 g/mol. The molecule has 0 aliphatic heterocycles. The Labute approximate surface area is 115 Å². The normalized spacial score (nSPS) is 10.8. The van der Waals surface area contributed by atoms with Gasteiger partial charge in [-0.25, -0.2) is 4.79 Å². The van der Waals surface area contributed by atoms with Gasteiger partial charge in [-0.15, -0.1) is 0 Å². The van der Waals surface area contributed by atoms with Crippen LogP contribution in [-0.2, 0) is 17.6 Å². The van der Waals surface area contributed by atoms with E-state index in [1.54, 1.807) is 12.1 Å². The molecule has 6 heteroatoms. The molecule has 0 amide bonds. The van der Waals surface area contributed by atoms with E-state index in [1.165, 1.54) is 0 Å². The molecule has 2 aromatic rings. The Bertz CT molecular complexity index is 660. The zero-order valence-electron chi connectivity index (χ0n) is 10.8. The standard InChI is InChI=1S/C14H16N2O4/c15-6-5-9-10-7-8(2-4-12(17)18)1-3-11(10)16-13(9)14(19)20/h1,3,7,16H,2,4-6,15H2,(H,17,18)(H,19,20). The number of aromatic nitrogens is 1. The zero-order valence-corrected chi connectivity index (χ0v) is 10.8. The number of benzene rings is 1. The van der Waals surface area contributed by atoms with Gasteiger partial charge >= 0.3 is 11.9 Å². The largest absolute Gasteiger partial charge is 0.481 e. The Morgan fingerprint density at radius 3 is 2.55 bits per heavy atom. The molecule has 0 saturated heterocycles. The van der Waals surface area contributed by atoms with E-state index in [-0.39, 0.29) is 12.1 Å². The number of nitrogens with two attached hydrogens (primary N) is 1. The van der Waals surface area contributed by atoms with Crippen molar-refractivity contribution in [1.29, 1.82) is 0 Å². The first-order chi connectivity index (χ1) is 9.52. The number of H-pyrrole nitrogens is 1. The van der Waals surface area contributed by atoms with Crippen LogP contribution in [0.4, 0.5) is 0 Å². The minimum absolute atomic E-state index is 0.0495. The lowest BCUT2D eigenvalue weighted by molar-refractivity contribution is -0.136. The van der Waals surface area contributed by atoms with E-state index in [0.717, 1.165) is 16.5 Å². The molecule has 0 atom stereocenters. The number of aromatic carboxylic acids is 1. The molecule has 0 radical (unpaired) electrons. The van der Waals surface area contributed by atoms with Gasteiger partial charge in [-0.1, -0.05) is 6.07 Å². The van der Waals surface area contributed by atoms with Crippen LogP contribution in [-0.4, -0.2) is 33.7 Å². The van der Waals surface area contributed by atoms with Crippen LogP contribution in [0.5, 0.6) is 0 Å². The Morgan fingerprint density at radius 1 is 1.20 bits per heavy atom. The number of aliphatic carboxylic acids is 1. The molecule has 0 bridgehead atoms. The maximum atomic E-state index is 11.2. The van der Waals surface area contributed by atoms with Crippen molar-refractivity contribution in [2.75, 3.05) is 6.54 Å². The van der Waals surface area contributed by atoms with E-state index >= 15 is 0 Å². The molecule has 0 spiro atoms. The maximum Gasteiger partial charge on any atom is 0.352 e. The van der Waals surface area contributed by atoms with E-state index in [0.29, 0.717) is 24.9 Å². The first kappa shape index (κ1) is 14.1. The van der Waals surface area contributed by atoms with Gasteiger partial charge in [0.25, 0.3) is 0 Å². The summed E-state index contributed by atoms with van der Waals surface area (Å²) >= 11 is 0. The number of aromatic amines is 1. The molecule has 0 aliphatic rings. The van der Waals surface area contributed by atoms with Crippen LogP contribution in [0.1, 0.15) is 28.0 Å². The van der Waals surface area contributed by atoms with Gasteiger partial charge < -0.3 is 20.9 Å². The molecule has 0 aliphatic carbocycles. The zero-order chi connectivity index (χ0) is 14.7. The summed E-state index contributed by atoms with van der Waals surface area (Å²) in [5, 5.41) is 18.7. The van der Waals surface area contributed by atoms with Crippen LogP contribution in [0.25, 0.3) is 10.9 Å². The summed E-state index contributed by atoms with van der Waals surface area (Å²) in [6.07, 6.45) is 0.929. The van der Waals surface area contributed by atoms with Gasteiger partial charge in [-0.2, -0.15) is 0 Å². The molecule has 6 nitrogen and oxygen atoms in total. The van der Waals surface area contributed by atoms with Crippen LogP contribution in [0.15, 0.2) is 18.2 Å². The maximum absolute atomic E-state index is 11.2. The Balaban J connectivity index is 2.46. The lowest BCUT2D eigenvalue weighted by atomic mass is 10.0. The number of aryl methyl sites for hydroxylation is 1. The van der Waals surface area contributed by atoms with Gasteiger partial charge in [0.05, 0.1) is 0 Å². The number of carbonyl (C=O) groups is 2. The van der Waals surface area contributed by atoms with E-state index in [2.05, 4.69) is 4.98 Å². The molecule has 1 aromatic heterocycles. The third-order valence-electron chi connectivity index (χ3n) is 3.21. The summed E-state index contributed by atoms with van der Waals surface area (Å²) in [7, 11) is 0. The summed E-state index contributed by atoms with van der Waals surface area (Å²) in [4.78, 5) is 24.7. The van der Waals surface area contributed by atoms with Gasteiger partial charge in [0, 0.05) is 17.3 Å². The first-order valence-corrected chi connectivity index (χ1v) is 6.31. The van der Waals surface area contributed by atoms with E-state index in [1.807, 2.05) is 6.07 Å². The van der Waals surface area contributed by atoms with Crippen LogP contribution in [0.2, 0.25) is 0 Å². The van der Waals surface area contributed by atoms with Crippen molar-refractivity contribution in [2.45, 2.75) is 19.3 Å². The van der Waals surface area contributed by atoms with E-state index in [9.17, 15) is 14.7 Å². The smallest absolute Gasteiger partial charge is 0.352 e. The highest BCUT2D eigenvalue weighted by Crippen LogP contribution is 2.25. The number of rotatable bonds is 6. The quantitative estimate of drug-likeness (QED) is 0.636. The monoisotopic (exact) mass is 276 g/mol. The molecular weight excluding hydrogens is 260 g/mol. The predicted octanol–water partition coefficient (Wildman–Crippen LogP) is 1.38. The van der Waals surface area contributed by atoms with Gasteiger partial charge in [0.15, 0.2) is 0 Å². The van der Waals surface area contributed by atoms with E-state index in [4.69, 9.17) is 10.8 Å². The molecule has 0 saturated carbocycles. The van der Waals surface area contributed by atoms with Crippen molar-refractivity contribution >= 4 is 22.8 Å². The van der Waals surface area contributed by atoms with Crippen molar-refractivity contribution in [1.82, 2.24) is 4.98 Å². The van der Waals surface area contributed by atoms with Crippen molar-refractivity contribution in [3.05, 3.63) is 35.0 Å². The average Bonchev–Trinajstić information content (AvgIpc) is 2.75. The van der Waals surface area contributed by atoms with Gasteiger partial charge in [0.2, 0.25) is 0 Å². The fourth-order valence-corrected chi connectivity index (χ4v) is 2.29. The minimum atomic E-state index is -1.02. The topological polar surface area (TPSA) is 116 Å². The van der Waals surface area contributed by atoms with Crippen molar-refractivity contribution in [3.63, 3.8) is 0 Å². The summed E-state index contributed by atoms with van der Waals surface area (Å²) in [5.41, 5.74) is 7.95. The number of carboxylic acids is 2. The molecule has 2 rings (SSSR count). The second-order valence-corrected chi connectivity index (χ2v) is 4.60.